The second-order valence-corrected chi connectivity index (χ2v) is 7.68. The molecule has 0 aliphatic carbocycles. The highest BCUT2D eigenvalue weighted by Gasteiger charge is 2.38. The summed E-state index contributed by atoms with van der Waals surface area (Å²) in [6.07, 6.45) is 2.23. The molecule has 1 fully saturated rings. The zero-order valence-corrected chi connectivity index (χ0v) is 13.3. The van der Waals surface area contributed by atoms with Crippen LogP contribution in [0.3, 0.4) is 0 Å². The number of amides is 1. The van der Waals surface area contributed by atoms with Gasteiger partial charge in [0.2, 0.25) is 5.91 Å². The van der Waals surface area contributed by atoms with Crippen molar-refractivity contribution in [1.29, 1.82) is 0 Å². The highest BCUT2D eigenvalue weighted by molar-refractivity contribution is 7.16. The first-order chi connectivity index (χ1) is 8.90. The fraction of sp³-hybridized carbons (Fsp3) is 0.643. The summed E-state index contributed by atoms with van der Waals surface area (Å²) in [4.78, 5) is 15.5. The summed E-state index contributed by atoms with van der Waals surface area (Å²) in [5.41, 5.74) is 0.0245. The zero-order chi connectivity index (χ0) is 14.0. The summed E-state index contributed by atoms with van der Waals surface area (Å²) in [6, 6.07) is 3.78. The maximum absolute atomic E-state index is 12.6. The number of carbonyl (C=O) groups excluding carboxylic acids is 1. The largest absolute Gasteiger partial charge is 0.339 e. The quantitative estimate of drug-likeness (QED) is 0.930. The molecule has 2 rings (SSSR count). The molecule has 0 saturated carbocycles. The molecule has 0 aromatic carbocycles. The van der Waals surface area contributed by atoms with Crippen LogP contribution in [0.25, 0.3) is 0 Å². The Balaban J connectivity index is 2.02. The van der Waals surface area contributed by atoms with Crippen molar-refractivity contribution >= 4 is 28.8 Å². The van der Waals surface area contributed by atoms with Gasteiger partial charge in [-0.15, -0.1) is 11.3 Å². The topological polar surface area (TPSA) is 32.3 Å². The third-order valence-corrected chi connectivity index (χ3v) is 4.99. The van der Waals surface area contributed by atoms with Gasteiger partial charge in [0.05, 0.1) is 16.9 Å². The third kappa shape index (κ3) is 3.50. The van der Waals surface area contributed by atoms with Crippen LogP contribution in [0.2, 0.25) is 4.34 Å². The second kappa shape index (κ2) is 5.81. The lowest BCUT2D eigenvalue weighted by molar-refractivity contribution is -0.136. The van der Waals surface area contributed by atoms with Crippen LogP contribution in [0, 0.1) is 5.41 Å². The Kier molecular flexibility index (Phi) is 4.54. The molecule has 1 aliphatic rings. The second-order valence-electron chi connectivity index (χ2n) is 5.88. The van der Waals surface area contributed by atoms with Crippen molar-refractivity contribution in [3.8, 4) is 0 Å². The Morgan fingerprint density at radius 1 is 1.58 bits per heavy atom. The number of thiophene rings is 1. The van der Waals surface area contributed by atoms with Gasteiger partial charge in [-0.3, -0.25) is 4.79 Å². The van der Waals surface area contributed by atoms with Crippen LogP contribution >= 0.6 is 22.9 Å². The normalized spacial score (nSPS) is 22.2. The van der Waals surface area contributed by atoms with E-state index in [4.69, 9.17) is 11.6 Å². The number of rotatable bonds is 3. The minimum Gasteiger partial charge on any atom is -0.339 e. The van der Waals surface area contributed by atoms with Gasteiger partial charge in [0.15, 0.2) is 0 Å². The van der Waals surface area contributed by atoms with E-state index in [-0.39, 0.29) is 17.4 Å². The van der Waals surface area contributed by atoms with Gasteiger partial charge in [-0.05, 0) is 36.9 Å². The van der Waals surface area contributed by atoms with Gasteiger partial charge < -0.3 is 10.2 Å². The van der Waals surface area contributed by atoms with Gasteiger partial charge >= 0.3 is 0 Å². The van der Waals surface area contributed by atoms with Gasteiger partial charge in [0.1, 0.15) is 0 Å². The Hall–Kier alpha value is -0.580. The van der Waals surface area contributed by atoms with Crippen LogP contribution < -0.4 is 5.32 Å². The summed E-state index contributed by atoms with van der Waals surface area (Å²) in [5.74, 6) is 0.175. The maximum atomic E-state index is 12.6. The molecule has 3 nitrogen and oxygen atoms in total. The first-order valence-corrected chi connectivity index (χ1v) is 7.82. The first-order valence-electron chi connectivity index (χ1n) is 6.63. The van der Waals surface area contributed by atoms with Crippen LogP contribution in [0.5, 0.6) is 0 Å². The Morgan fingerprint density at radius 2 is 2.32 bits per heavy atom. The smallest absolute Gasteiger partial charge is 0.240 e. The molecule has 0 radical (unpaired) electrons. The van der Waals surface area contributed by atoms with Crippen molar-refractivity contribution < 1.29 is 4.79 Å². The summed E-state index contributed by atoms with van der Waals surface area (Å²) in [5, 5.41) is 3.37. The Labute approximate surface area is 123 Å². The number of nitrogens with zero attached hydrogens (tertiary/aromatic N) is 1. The maximum Gasteiger partial charge on any atom is 0.240 e. The monoisotopic (exact) mass is 300 g/mol. The molecular formula is C14H21ClN2OS. The average Bonchev–Trinajstić information content (AvgIpc) is 2.73. The molecule has 1 aromatic heterocycles. The molecule has 0 spiro atoms. The van der Waals surface area contributed by atoms with Crippen molar-refractivity contribution in [1.82, 2.24) is 10.2 Å². The number of hydrogen-bond acceptors (Lipinski definition) is 3. The van der Waals surface area contributed by atoms with Crippen LogP contribution in [-0.4, -0.2) is 30.4 Å². The van der Waals surface area contributed by atoms with Crippen LogP contribution in [0.15, 0.2) is 12.1 Å². The molecule has 1 aliphatic heterocycles. The van der Waals surface area contributed by atoms with E-state index in [1.54, 1.807) is 4.90 Å². The van der Waals surface area contributed by atoms with Gasteiger partial charge in [-0.2, -0.15) is 0 Å². The highest BCUT2D eigenvalue weighted by atomic mass is 35.5. The molecule has 2 heterocycles. The first kappa shape index (κ1) is 14.8. The molecule has 106 valence electrons. The lowest BCUT2D eigenvalue weighted by atomic mass is 9.77. The number of halogens is 1. The van der Waals surface area contributed by atoms with Crippen molar-refractivity contribution in [3.05, 3.63) is 21.3 Å². The van der Waals surface area contributed by atoms with Crippen molar-refractivity contribution in [2.24, 2.45) is 5.41 Å². The summed E-state index contributed by atoms with van der Waals surface area (Å²) in [7, 11) is 1.86. The van der Waals surface area contributed by atoms with Crippen molar-refractivity contribution in [3.63, 3.8) is 0 Å². The van der Waals surface area contributed by atoms with E-state index in [2.05, 4.69) is 19.2 Å². The predicted octanol–water partition coefficient (Wildman–Crippen LogP) is 3.14. The molecule has 1 atom stereocenters. The van der Waals surface area contributed by atoms with E-state index in [9.17, 15) is 4.79 Å². The Bertz CT molecular complexity index is 458. The molecule has 5 heteroatoms. The average molecular weight is 301 g/mol. The summed E-state index contributed by atoms with van der Waals surface area (Å²) >= 11 is 7.45. The molecule has 1 unspecified atom stereocenters. The summed E-state index contributed by atoms with van der Waals surface area (Å²) < 4.78 is 0.770. The molecule has 1 N–H and O–H groups in total. The highest BCUT2D eigenvalue weighted by Crippen LogP contribution is 2.31. The van der Waals surface area contributed by atoms with Crippen LogP contribution in [-0.2, 0) is 11.3 Å². The van der Waals surface area contributed by atoms with E-state index in [0.717, 1.165) is 28.6 Å². The van der Waals surface area contributed by atoms with Gasteiger partial charge in [0, 0.05) is 11.9 Å². The van der Waals surface area contributed by atoms with Gasteiger partial charge in [0.25, 0.3) is 0 Å². The van der Waals surface area contributed by atoms with E-state index in [1.165, 1.54) is 11.3 Å². The van der Waals surface area contributed by atoms with E-state index in [1.807, 2.05) is 19.2 Å². The fourth-order valence-electron chi connectivity index (χ4n) is 2.60. The third-order valence-electron chi connectivity index (χ3n) is 3.77. The fourth-order valence-corrected chi connectivity index (χ4v) is 3.74. The molecule has 1 saturated heterocycles. The van der Waals surface area contributed by atoms with Crippen LogP contribution in [0.4, 0.5) is 0 Å². The molecule has 19 heavy (non-hydrogen) atoms. The molecule has 0 bridgehead atoms. The standard InChI is InChI=1S/C14H21ClN2OS/c1-14(2)7-4-8-16-12(14)13(18)17(3)9-10-5-6-11(15)19-10/h5-6,12,16H,4,7-9H2,1-3H3. The lowest BCUT2D eigenvalue weighted by Crippen LogP contribution is -2.55. The van der Waals surface area contributed by atoms with E-state index >= 15 is 0 Å². The molecule has 1 amide bonds. The number of piperidine rings is 1. The number of likely N-dealkylation sites (N-methyl/N-ethyl adjacent to an activating group) is 1. The van der Waals surface area contributed by atoms with Crippen molar-refractivity contribution in [2.45, 2.75) is 39.3 Å². The number of nitrogens with one attached hydrogen (secondary N) is 1. The minimum atomic E-state index is -0.0818. The van der Waals surface area contributed by atoms with Crippen LogP contribution in [0.1, 0.15) is 31.6 Å². The summed E-state index contributed by atoms with van der Waals surface area (Å²) in [6.45, 7) is 5.89. The number of hydrogen-bond donors (Lipinski definition) is 1. The zero-order valence-electron chi connectivity index (χ0n) is 11.7. The number of carbonyl (C=O) groups is 1. The van der Waals surface area contributed by atoms with E-state index in [0.29, 0.717) is 6.54 Å². The molecule has 1 aromatic rings. The van der Waals surface area contributed by atoms with Gasteiger partial charge in [-0.1, -0.05) is 25.4 Å². The predicted molar refractivity (Wildman–Crippen MR) is 80.6 cm³/mol. The Morgan fingerprint density at radius 3 is 2.89 bits per heavy atom. The van der Waals surface area contributed by atoms with Crippen molar-refractivity contribution in [2.75, 3.05) is 13.6 Å². The van der Waals surface area contributed by atoms with Gasteiger partial charge in [-0.25, -0.2) is 0 Å². The molecular weight excluding hydrogens is 280 g/mol. The van der Waals surface area contributed by atoms with E-state index < -0.39 is 0 Å². The lowest BCUT2D eigenvalue weighted by Gasteiger charge is -2.40. The SMILES string of the molecule is CN(Cc1ccc(Cl)s1)C(=O)C1NCCCC1(C)C. The minimum absolute atomic E-state index is 0.0245.